The number of hydrogen-bond acceptors (Lipinski definition) is 2. The summed E-state index contributed by atoms with van der Waals surface area (Å²) in [7, 11) is 1.65. The Balaban J connectivity index is 3.03. The number of benzene rings is 1. The number of ether oxygens (including phenoxy) is 1. The van der Waals surface area contributed by atoms with Gasteiger partial charge < -0.3 is 10.5 Å². The van der Waals surface area contributed by atoms with E-state index in [0.29, 0.717) is 0 Å². The van der Waals surface area contributed by atoms with Crippen molar-refractivity contribution in [3.63, 3.8) is 0 Å². The SMILES string of the molecule is COc1ccc(C(C)N)c(Br)c1. The van der Waals surface area contributed by atoms with Gasteiger partial charge in [-0.25, -0.2) is 0 Å². The van der Waals surface area contributed by atoms with Crippen molar-refractivity contribution in [2.45, 2.75) is 13.0 Å². The van der Waals surface area contributed by atoms with E-state index < -0.39 is 0 Å². The van der Waals surface area contributed by atoms with Crippen LogP contribution in [0.3, 0.4) is 0 Å². The second kappa shape index (κ2) is 3.92. The molecule has 0 aliphatic rings. The molecule has 1 aromatic rings. The maximum Gasteiger partial charge on any atom is 0.120 e. The second-order valence-corrected chi connectivity index (χ2v) is 3.53. The summed E-state index contributed by atoms with van der Waals surface area (Å²) >= 11 is 3.43. The average Bonchev–Trinajstić information content (AvgIpc) is 2.03. The van der Waals surface area contributed by atoms with Crippen molar-refractivity contribution in [2.75, 3.05) is 7.11 Å². The van der Waals surface area contributed by atoms with E-state index >= 15 is 0 Å². The summed E-state index contributed by atoms with van der Waals surface area (Å²) in [5, 5.41) is 0. The van der Waals surface area contributed by atoms with Gasteiger partial charge in [0.05, 0.1) is 7.11 Å². The number of nitrogens with two attached hydrogens (primary N) is 1. The van der Waals surface area contributed by atoms with E-state index in [-0.39, 0.29) is 6.04 Å². The van der Waals surface area contributed by atoms with Gasteiger partial charge in [0, 0.05) is 10.5 Å². The molecule has 0 aliphatic heterocycles. The third kappa shape index (κ3) is 1.99. The van der Waals surface area contributed by atoms with Crippen LogP contribution < -0.4 is 10.5 Å². The van der Waals surface area contributed by atoms with Gasteiger partial charge in [0.15, 0.2) is 0 Å². The molecule has 0 fully saturated rings. The van der Waals surface area contributed by atoms with Crippen LogP contribution in [0.4, 0.5) is 0 Å². The molecule has 1 unspecified atom stereocenters. The minimum atomic E-state index is 0.0466. The minimum Gasteiger partial charge on any atom is -0.497 e. The van der Waals surface area contributed by atoms with E-state index in [1.165, 1.54) is 0 Å². The van der Waals surface area contributed by atoms with Gasteiger partial charge in [-0.1, -0.05) is 22.0 Å². The predicted molar refractivity (Wildman–Crippen MR) is 53.3 cm³/mol. The molecule has 2 N–H and O–H groups in total. The molecular weight excluding hydrogens is 218 g/mol. The Hall–Kier alpha value is -0.540. The summed E-state index contributed by atoms with van der Waals surface area (Å²) in [5.41, 5.74) is 6.83. The summed E-state index contributed by atoms with van der Waals surface area (Å²) in [6.45, 7) is 1.95. The van der Waals surface area contributed by atoms with Crippen LogP contribution in [0, 0.1) is 0 Å². The monoisotopic (exact) mass is 229 g/mol. The van der Waals surface area contributed by atoms with Gasteiger partial charge in [0.25, 0.3) is 0 Å². The van der Waals surface area contributed by atoms with Crippen LogP contribution in [0.5, 0.6) is 5.75 Å². The molecule has 0 aliphatic carbocycles. The molecule has 1 aromatic carbocycles. The van der Waals surface area contributed by atoms with Gasteiger partial charge in [0.2, 0.25) is 0 Å². The minimum absolute atomic E-state index is 0.0466. The normalized spacial score (nSPS) is 12.7. The number of rotatable bonds is 2. The summed E-state index contributed by atoms with van der Waals surface area (Å²) in [6, 6.07) is 5.83. The quantitative estimate of drug-likeness (QED) is 0.846. The van der Waals surface area contributed by atoms with Crippen molar-refractivity contribution < 1.29 is 4.74 Å². The highest BCUT2D eigenvalue weighted by Crippen LogP contribution is 2.26. The van der Waals surface area contributed by atoms with Crippen molar-refractivity contribution in [3.8, 4) is 5.75 Å². The lowest BCUT2D eigenvalue weighted by Gasteiger charge is -2.09. The molecule has 12 heavy (non-hydrogen) atoms. The highest BCUT2D eigenvalue weighted by molar-refractivity contribution is 9.10. The average molecular weight is 230 g/mol. The lowest BCUT2D eigenvalue weighted by Crippen LogP contribution is -2.05. The summed E-state index contributed by atoms with van der Waals surface area (Å²) < 4.78 is 6.06. The van der Waals surface area contributed by atoms with Crippen LogP contribution in [-0.2, 0) is 0 Å². The Labute approximate surface area is 80.8 Å². The predicted octanol–water partition coefficient (Wildman–Crippen LogP) is 2.48. The molecule has 0 bridgehead atoms. The third-order valence-corrected chi connectivity index (χ3v) is 2.38. The second-order valence-electron chi connectivity index (χ2n) is 2.68. The van der Waals surface area contributed by atoms with Crippen LogP contribution in [0.15, 0.2) is 22.7 Å². The topological polar surface area (TPSA) is 35.2 Å². The van der Waals surface area contributed by atoms with E-state index in [1.807, 2.05) is 25.1 Å². The first kappa shape index (κ1) is 9.55. The summed E-state index contributed by atoms with van der Waals surface area (Å²) in [6.07, 6.45) is 0. The maximum atomic E-state index is 5.74. The molecular formula is C9H12BrNO. The number of methoxy groups -OCH3 is 1. The molecule has 0 aromatic heterocycles. The molecule has 1 atom stereocenters. The fourth-order valence-corrected chi connectivity index (χ4v) is 1.72. The lowest BCUT2D eigenvalue weighted by atomic mass is 10.1. The van der Waals surface area contributed by atoms with Gasteiger partial charge in [-0.2, -0.15) is 0 Å². The first-order valence-electron chi connectivity index (χ1n) is 3.74. The Morgan fingerprint density at radius 1 is 1.50 bits per heavy atom. The van der Waals surface area contributed by atoms with Gasteiger partial charge >= 0.3 is 0 Å². The van der Waals surface area contributed by atoms with E-state index in [9.17, 15) is 0 Å². The lowest BCUT2D eigenvalue weighted by molar-refractivity contribution is 0.414. The smallest absolute Gasteiger partial charge is 0.120 e. The number of hydrogen-bond donors (Lipinski definition) is 1. The molecule has 0 heterocycles. The maximum absolute atomic E-state index is 5.74. The van der Waals surface area contributed by atoms with Gasteiger partial charge in [-0.05, 0) is 24.6 Å². The Morgan fingerprint density at radius 3 is 2.58 bits per heavy atom. The van der Waals surface area contributed by atoms with E-state index in [2.05, 4.69) is 15.9 Å². The largest absolute Gasteiger partial charge is 0.497 e. The van der Waals surface area contributed by atoms with Gasteiger partial charge in [-0.15, -0.1) is 0 Å². The zero-order valence-electron chi connectivity index (χ0n) is 7.17. The summed E-state index contributed by atoms with van der Waals surface area (Å²) in [4.78, 5) is 0. The first-order chi connectivity index (χ1) is 5.65. The van der Waals surface area contributed by atoms with Crippen LogP contribution in [-0.4, -0.2) is 7.11 Å². The van der Waals surface area contributed by atoms with Crippen molar-refractivity contribution in [2.24, 2.45) is 5.73 Å². The van der Waals surface area contributed by atoms with Crippen molar-refractivity contribution in [3.05, 3.63) is 28.2 Å². The van der Waals surface area contributed by atoms with E-state index in [0.717, 1.165) is 15.8 Å². The molecule has 2 nitrogen and oxygen atoms in total. The summed E-state index contributed by atoms with van der Waals surface area (Å²) in [5.74, 6) is 0.839. The molecule has 0 radical (unpaired) electrons. The standard InChI is InChI=1S/C9H12BrNO/c1-6(11)8-4-3-7(12-2)5-9(8)10/h3-6H,11H2,1-2H3. The van der Waals surface area contributed by atoms with Gasteiger partial charge in [0.1, 0.15) is 5.75 Å². The molecule has 0 saturated carbocycles. The fourth-order valence-electron chi connectivity index (χ4n) is 1.00. The highest BCUT2D eigenvalue weighted by Gasteiger charge is 2.04. The van der Waals surface area contributed by atoms with Crippen LogP contribution in [0.25, 0.3) is 0 Å². The molecule has 0 amide bonds. The molecule has 0 saturated heterocycles. The van der Waals surface area contributed by atoms with Crippen molar-refractivity contribution >= 4 is 15.9 Å². The van der Waals surface area contributed by atoms with Gasteiger partial charge in [-0.3, -0.25) is 0 Å². The molecule has 0 spiro atoms. The number of halogens is 1. The zero-order chi connectivity index (χ0) is 9.14. The molecule has 1 rings (SSSR count). The van der Waals surface area contributed by atoms with Crippen LogP contribution >= 0.6 is 15.9 Å². The Kier molecular flexibility index (Phi) is 3.12. The van der Waals surface area contributed by atoms with Crippen LogP contribution in [0.2, 0.25) is 0 Å². The zero-order valence-corrected chi connectivity index (χ0v) is 8.76. The van der Waals surface area contributed by atoms with Crippen molar-refractivity contribution in [1.82, 2.24) is 0 Å². The highest BCUT2D eigenvalue weighted by atomic mass is 79.9. The third-order valence-electron chi connectivity index (χ3n) is 1.70. The van der Waals surface area contributed by atoms with E-state index in [1.54, 1.807) is 7.11 Å². The molecule has 66 valence electrons. The Morgan fingerprint density at radius 2 is 2.17 bits per heavy atom. The fraction of sp³-hybridized carbons (Fsp3) is 0.333. The van der Waals surface area contributed by atoms with E-state index in [4.69, 9.17) is 10.5 Å². The first-order valence-corrected chi connectivity index (χ1v) is 4.53. The van der Waals surface area contributed by atoms with Crippen LogP contribution in [0.1, 0.15) is 18.5 Å². The molecule has 3 heteroatoms. The Bertz CT molecular complexity index is 273. The van der Waals surface area contributed by atoms with Crippen molar-refractivity contribution in [1.29, 1.82) is 0 Å².